The van der Waals surface area contributed by atoms with Gasteiger partial charge in [-0.3, -0.25) is 9.78 Å². The van der Waals surface area contributed by atoms with Crippen molar-refractivity contribution in [2.45, 2.75) is 25.7 Å². The smallest absolute Gasteiger partial charge is 0.273 e. The molecule has 0 unspecified atom stereocenters. The van der Waals surface area contributed by atoms with Gasteiger partial charge in [-0.25, -0.2) is 5.10 Å². The summed E-state index contributed by atoms with van der Waals surface area (Å²) < 4.78 is 0. The second-order valence-electron chi connectivity index (χ2n) is 7.99. The summed E-state index contributed by atoms with van der Waals surface area (Å²) in [6, 6.07) is 14.2. The summed E-state index contributed by atoms with van der Waals surface area (Å²) in [4.78, 5) is 22.5. The second kappa shape index (κ2) is 8.24. The Morgan fingerprint density at radius 2 is 1.80 bits per heavy atom. The monoisotopic (exact) mass is 399 g/mol. The molecule has 3 aromatic heterocycles. The number of pyridine rings is 1. The van der Waals surface area contributed by atoms with Crippen LogP contribution >= 0.6 is 0 Å². The summed E-state index contributed by atoms with van der Waals surface area (Å²) in [5.74, 6) is 0. The van der Waals surface area contributed by atoms with Crippen LogP contribution in [0, 0.1) is 0 Å². The SMILES string of the molecule is O=c1[nH]nc(-c2ccncc2)cc1-c1cc2cc(CCN3CCCCC3)ccc2[nH]1. The standard InChI is InChI=1S/C24H25N5O/c30-24-20(16-22(27-28-24)18-6-9-25-10-7-18)23-15-19-14-17(4-5-21(19)26-23)8-13-29-11-2-1-3-12-29/h4-7,9-10,14-16,26H,1-3,8,11-13H2,(H,28,30). The number of aromatic amines is 2. The average Bonchev–Trinajstić information content (AvgIpc) is 3.22. The first kappa shape index (κ1) is 18.8. The first-order valence-electron chi connectivity index (χ1n) is 10.6. The fourth-order valence-electron chi connectivity index (χ4n) is 4.23. The van der Waals surface area contributed by atoms with Gasteiger partial charge in [0.15, 0.2) is 0 Å². The molecule has 0 amide bonds. The van der Waals surface area contributed by atoms with Crippen molar-refractivity contribution in [3.05, 3.63) is 70.8 Å². The number of rotatable bonds is 5. The van der Waals surface area contributed by atoms with Crippen molar-refractivity contribution in [1.82, 2.24) is 25.1 Å². The van der Waals surface area contributed by atoms with Crippen LogP contribution in [0.2, 0.25) is 0 Å². The van der Waals surface area contributed by atoms with Gasteiger partial charge in [0, 0.05) is 35.4 Å². The molecule has 0 aliphatic carbocycles. The maximum Gasteiger partial charge on any atom is 0.273 e. The summed E-state index contributed by atoms with van der Waals surface area (Å²) >= 11 is 0. The minimum Gasteiger partial charge on any atom is -0.354 e. The van der Waals surface area contributed by atoms with Gasteiger partial charge in [0.05, 0.1) is 17.0 Å². The zero-order valence-corrected chi connectivity index (χ0v) is 16.9. The lowest BCUT2D eigenvalue weighted by Crippen LogP contribution is -2.31. The molecule has 4 heterocycles. The number of likely N-dealkylation sites (tertiary alicyclic amines) is 1. The van der Waals surface area contributed by atoms with E-state index in [1.807, 2.05) is 18.2 Å². The van der Waals surface area contributed by atoms with Gasteiger partial charge >= 0.3 is 0 Å². The molecular formula is C24H25N5O. The number of hydrogen-bond acceptors (Lipinski definition) is 4. The number of benzene rings is 1. The van der Waals surface area contributed by atoms with Crippen LogP contribution in [0.25, 0.3) is 33.4 Å². The lowest BCUT2D eigenvalue weighted by molar-refractivity contribution is 0.231. The number of H-pyrrole nitrogens is 2. The third-order valence-electron chi connectivity index (χ3n) is 5.92. The minimum atomic E-state index is -0.204. The van der Waals surface area contributed by atoms with Crippen molar-refractivity contribution in [2.75, 3.05) is 19.6 Å². The molecule has 152 valence electrons. The van der Waals surface area contributed by atoms with Crippen LogP contribution in [0.1, 0.15) is 24.8 Å². The van der Waals surface area contributed by atoms with E-state index in [1.165, 1.54) is 37.9 Å². The fourth-order valence-corrected chi connectivity index (χ4v) is 4.23. The lowest BCUT2D eigenvalue weighted by Gasteiger charge is -2.26. The second-order valence-corrected chi connectivity index (χ2v) is 7.99. The van der Waals surface area contributed by atoms with Gasteiger partial charge in [0.1, 0.15) is 0 Å². The van der Waals surface area contributed by atoms with Gasteiger partial charge in [0.25, 0.3) is 5.56 Å². The van der Waals surface area contributed by atoms with Crippen LogP contribution < -0.4 is 5.56 Å². The van der Waals surface area contributed by atoms with Crippen molar-refractivity contribution in [1.29, 1.82) is 0 Å². The topological polar surface area (TPSA) is 77.7 Å². The number of nitrogens with zero attached hydrogens (tertiary/aromatic N) is 3. The van der Waals surface area contributed by atoms with Crippen molar-refractivity contribution >= 4 is 10.9 Å². The number of fused-ring (bicyclic) bond motifs is 1. The highest BCUT2D eigenvalue weighted by atomic mass is 16.1. The summed E-state index contributed by atoms with van der Waals surface area (Å²) in [6.45, 7) is 3.56. The van der Waals surface area contributed by atoms with E-state index < -0.39 is 0 Å². The number of hydrogen-bond donors (Lipinski definition) is 2. The molecule has 30 heavy (non-hydrogen) atoms. The quantitative estimate of drug-likeness (QED) is 0.532. The van der Waals surface area contributed by atoms with E-state index in [0.29, 0.717) is 11.3 Å². The molecule has 1 saturated heterocycles. The largest absolute Gasteiger partial charge is 0.354 e. The van der Waals surface area contributed by atoms with Gasteiger partial charge in [-0.15, -0.1) is 0 Å². The predicted molar refractivity (Wildman–Crippen MR) is 119 cm³/mol. The van der Waals surface area contributed by atoms with Crippen molar-refractivity contribution < 1.29 is 0 Å². The number of piperidine rings is 1. The molecule has 1 aliphatic rings. The Morgan fingerprint density at radius 1 is 0.967 bits per heavy atom. The van der Waals surface area contributed by atoms with Crippen LogP contribution in [0.15, 0.2) is 59.7 Å². The predicted octanol–water partition coefficient (Wildman–Crippen LogP) is 4.01. The Balaban J connectivity index is 1.42. The van der Waals surface area contributed by atoms with Crippen molar-refractivity contribution in [3.8, 4) is 22.5 Å². The first-order chi connectivity index (χ1) is 14.8. The Morgan fingerprint density at radius 3 is 2.63 bits per heavy atom. The van der Waals surface area contributed by atoms with Gasteiger partial charge in [0.2, 0.25) is 0 Å². The summed E-state index contributed by atoms with van der Waals surface area (Å²) in [5, 5.41) is 7.94. The van der Waals surface area contributed by atoms with Gasteiger partial charge < -0.3 is 9.88 Å². The van der Waals surface area contributed by atoms with Gasteiger partial charge in [-0.2, -0.15) is 5.10 Å². The molecule has 1 aliphatic heterocycles. The van der Waals surface area contributed by atoms with Crippen LogP contribution in [-0.4, -0.2) is 44.7 Å². The highest BCUT2D eigenvalue weighted by molar-refractivity contribution is 5.86. The zero-order chi connectivity index (χ0) is 20.3. The summed E-state index contributed by atoms with van der Waals surface area (Å²) in [5.41, 5.74) is 5.18. The third-order valence-corrected chi connectivity index (χ3v) is 5.92. The molecule has 6 nitrogen and oxygen atoms in total. The Bertz CT molecular complexity index is 1210. The zero-order valence-electron chi connectivity index (χ0n) is 16.9. The van der Waals surface area contributed by atoms with Crippen LogP contribution in [0.3, 0.4) is 0 Å². The molecule has 0 saturated carbocycles. The molecule has 1 aromatic carbocycles. The molecule has 0 bridgehead atoms. The summed E-state index contributed by atoms with van der Waals surface area (Å²) in [7, 11) is 0. The minimum absolute atomic E-state index is 0.204. The van der Waals surface area contributed by atoms with Gasteiger partial charge in [-0.1, -0.05) is 12.5 Å². The third kappa shape index (κ3) is 3.91. The molecule has 1 fully saturated rings. The normalized spacial score (nSPS) is 14.9. The molecule has 5 rings (SSSR count). The highest BCUT2D eigenvalue weighted by Crippen LogP contribution is 2.25. The Labute approximate surface area is 175 Å². The van der Waals surface area contributed by atoms with E-state index in [4.69, 9.17) is 0 Å². The molecule has 0 radical (unpaired) electrons. The molecule has 0 spiro atoms. The maximum atomic E-state index is 12.5. The maximum absolute atomic E-state index is 12.5. The first-order valence-corrected chi connectivity index (χ1v) is 10.6. The van der Waals surface area contributed by atoms with E-state index in [1.54, 1.807) is 12.4 Å². The lowest BCUT2D eigenvalue weighted by atomic mass is 10.1. The average molecular weight is 399 g/mol. The number of aromatic nitrogens is 4. The van der Waals surface area contributed by atoms with E-state index in [9.17, 15) is 4.79 Å². The van der Waals surface area contributed by atoms with Crippen molar-refractivity contribution in [3.63, 3.8) is 0 Å². The van der Waals surface area contributed by atoms with Crippen LogP contribution in [0.4, 0.5) is 0 Å². The molecule has 2 N–H and O–H groups in total. The molecular weight excluding hydrogens is 374 g/mol. The van der Waals surface area contributed by atoms with Gasteiger partial charge in [-0.05, 0) is 74.3 Å². The molecule has 4 aromatic rings. The van der Waals surface area contributed by atoms with E-state index in [0.717, 1.165) is 35.1 Å². The van der Waals surface area contributed by atoms with Crippen LogP contribution in [0.5, 0.6) is 0 Å². The molecule has 6 heteroatoms. The van der Waals surface area contributed by atoms with E-state index in [-0.39, 0.29) is 5.56 Å². The van der Waals surface area contributed by atoms with Crippen molar-refractivity contribution in [2.24, 2.45) is 0 Å². The van der Waals surface area contributed by atoms with E-state index in [2.05, 4.69) is 49.3 Å². The van der Waals surface area contributed by atoms with E-state index >= 15 is 0 Å². The molecule has 0 atom stereocenters. The highest BCUT2D eigenvalue weighted by Gasteiger charge is 2.12. The Kier molecular flexibility index (Phi) is 5.15. The summed E-state index contributed by atoms with van der Waals surface area (Å²) in [6.07, 6.45) is 8.50. The Hall–Kier alpha value is -3.25. The van der Waals surface area contributed by atoms with Crippen LogP contribution in [-0.2, 0) is 6.42 Å². The fraction of sp³-hybridized carbons (Fsp3) is 0.292. The number of nitrogens with one attached hydrogen (secondary N) is 2.